The van der Waals surface area contributed by atoms with Crippen LogP contribution in [0.2, 0.25) is 0 Å². The van der Waals surface area contributed by atoms with E-state index in [1.54, 1.807) is 72.8 Å². The third-order valence-corrected chi connectivity index (χ3v) is 15.7. The summed E-state index contributed by atoms with van der Waals surface area (Å²) in [6.07, 6.45) is 0. The highest BCUT2D eigenvalue weighted by atomic mass is 32.1. The number of benzene rings is 2. The van der Waals surface area contributed by atoms with Gasteiger partial charge in [-0.15, -0.1) is 68.0 Å². The summed E-state index contributed by atoms with van der Waals surface area (Å²) in [5.41, 5.74) is -1.36. The van der Waals surface area contributed by atoms with Crippen molar-refractivity contribution in [3.63, 3.8) is 0 Å². The second-order valence-corrected chi connectivity index (χ2v) is 18.5. The lowest BCUT2D eigenvalue weighted by atomic mass is 9.91. The molecule has 0 fully saturated rings. The van der Waals surface area contributed by atoms with Gasteiger partial charge in [0.1, 0.15) is 71.9 Å². The molecule has 1 aliphatic heterocycles. The highest BCUT2D eigenvalue weighted by molar-refractivity contribution is 7.36. The Labute approximate surface area is 362 Å². The molecule has 9 rings (SSSR count). The average molecular weight is 895 g/mol. The number of carbonyl (C=O) groups is 2. The van der Waals surface area contributed by atoms with Crippen LogP contribution in [-0.4, -0.2) is 33.3 Å². The molecule has 0 N–H and O–H groups in total. The minimum atomic E-state index is -2.44. The molecule has 19 heteroatoms. The molecule has 0 unspecified atom stereocenters. The molecule has 0 amide bonds. The minimum absolute atomic E-state index is 0.154. The predicted molar refractivity (Wildman–Crippen MR) is 232 cm³/mol. The molecule has 6 aromatic heterocycles. The summed E-state index contributed by atoms with van der Waals surface area (Å²) in [5, 5.41) is 38.9. The second-order valence-electron chi connectivity index (χ2n) is 12.4. The first-order valence-electron chi connectivity index (χ1n) is 17.3. The SMILES string of the molecule is N#CC(C#N)=Nc1ccc(-c2nc3sc4c(c3s2)OC(C(=O)OCc2ccccc2)(C(=O)OCc2ccccc2)c2c-4sc3nc(-c4ccc(N=C(C#N)C#N)s4)sc23)s1. The number of fused-ring (bicyclic) bond motifs is 7. The molecule has 0 atom stereocenters. The van der Waals surface area contributed by atoms with E-state index in [-0.39, 0.29) is 36.0 Å². The van der Waals surface area contributed by atoms with Gasteiger partial charge in [0.2, 0.25) is 11.4 Å². The molecule has 0 aliphatic carbocycles. The number of hydrogen-bond acceptors (Lipinski definition) is 19. The van der Waals surface area contributed by atoms with Crippen molar-refractivity contribution in [2.24, 2.45) is 9.98 Å². The second kappa shape index (κ2) is 16.0. The number of ether oxygens (including phenoxy) is 3. The van der Waals surface area contributed by atoms with Crippen molar-refractivity contribution in [1.29, 1.82) is 21.0 Å². The quantitative estimate of drug-likeness (QED) is 0.0716. The number of rotatable bonds is 10. The lowest BCUT2D eigenvalue weighted by Gasteiger charge is -2.33. The summed E-state index contributed by atoms with van der Waals surface area (Å²) in [4.78, 5) is 51.7. The van der Waals surface area contributed by atoms with E-state index in [0.29, 0.717) is 64.8 Å². The van der Waals surface area contributed by atoms with Gasteiger partial charge in [-0.1, -0.05) is 60.7 Å². The molecule has 0 spiro atoms. The van der Waals surface area contributed by atoms with E-state index in [0.717, 1.165) is 4.88 Å². The summed E-state index contributed by atoms with van der Waals surface area (Å²) in [6.45, 7) is -0.309. The molecule has 60 heavy (non-hydrogen) atoms. The zero-order valence-corrected chi connectivity index (χ0v) is 35.0. The number of aromatic nitrogens is 2. The molecule has 7 heterocycles. The summed E-state index contributed by atoms with van der Waals surface area (Å²) in [5.74, 6) is -1.68. The van der Waals surface area contributed by atoms with Gasteiger partial charge in [-0.2, -0.15) is 21.0 Å². The van der Waals surface area contributed by atoms with Crippen molar-refractivity contribution < 1.29 is 23.8 Å². The van der Waals surface area contributed by atoms with Crippen LogP contribution in [0.4, 0.5) is 10.0 Å². The van der Waals surface area contributed by atoms with Crippen molar-refractivity contribution in [2.75, 3.05) is 0 Å². The van der Waals surface area contributed by atoms with E-state index >= 15 is 0 Å². The van der Waals surface area contributed by atoms with Gasteiger partial charge in [0, 0.05) is 0 Å². The first-order valence-corrected chi connectivity index (χ1v) is 22.2. The van der Waals surface area contributed by atoms with Gasteiger partial charge >= 0.3 is 17.5 Å². The fourth-order valence-corrected chi connectivity index (χ4v) is 13.0. The zero-order chi connectivity index (χ0) is 41.4. The summed E-state index contributed by atoms with van der Waals surface area (Å²) >= 11 is 7.67. The van der Waals surface area contributed by atoms with Gasteiger partial charge < -0.3 is 14.2 Å². The van der Waals surface area contributed by atoms with Crippen LogP contribution in [0, 0.1) is 45.3 Å². The molecule has 1 aliphatic rings. The first-order chi connectivity index (χ1) is 29.3. The van der Waals surface area contributed by atoms with Crippen LogP contribution in [0.15, 0.2) is 94.9 Å². The Morgan fingerprint density at radius 2 is 1.07 bits per heavy atom. The normalized spacial score (nSPS) is 12.1. The Morgan fingerprint density at radius 1 is 0.600 bits per heavy atom. The van der Waals surface area contributed by atoms with E-state index in [1.165, 1.54) is 68.0 Å². The summed E-state index contributed by atoms with van der Waals surface area (Å²) in [6, 6.07) is 32.2. The molecular weight excluding hydrogens is 877 g/mol. The summed E-state index contributed by atoms with van der Waals surface area (Å²) < 4.78 is 19.9. The summed E-state index contributed by atoms with van der Waals surface area (Å²) in [7, 11) is 0. The van der Waals surface area contributed by atoms with Gasteiger partial charge in [0.15, 0.2) is 5.75 Å². The van der Waals surface area contributed by atoms with Crippen LogP contribution in [-0.2, 0) is 37.9 Å². The standard InChI is InChI=1S/C41H18N8O5S6/c42-15-23(16-43)46-27-13-11-25(55-27)35-48-37-32(58-35)29-31(57-37)33-30(34-38(59-33)49-36(60-34)26-12-14-28(56-26)47-24(17-44)18-45)54-41(29,39(50)52-19-21-7-3-1-4-8-21)40(51)53-20-22-9-5-2-6-10-22/h1-14H,19-20H2. The topological polar surface area (TPSA) is 207 Å². The van der Waals surface area contributed by atoms with E-state index in [1.807, 2.05) is 36.4 Å². The fourth-order valence-electron chi connectivity index (χ4n) is 6.08. The predicted octanol–water partition coefficient (Wildman–Crippen LogP) is 10.5. The maximum atomic E-state index is 14.9. The number of carbonyl (C=O) groups excluding carboxylic acids is 2. The highest BCUT2D eigenvalue weighted by Gasteiger charge is 2.60. The molecule has 2 aromatic carbocycles. The van der Waals surface area contributed by atoms with Crippen LogP contribution in [0.3, 0.4) is 0 Å². The third kappa shape index (κ3) is 6.91. The van der Waals surface area contributed by atoms with E-state index in [9.17, 15) is 30.6 Å². The largest absolute Gasteiger partial charge is 0.457 e. The van der Waals surface area contributed by atoms with Crippen LogP contribution in [0.1, 0.15) is 16.7 Å². The van der Waals surface area contributed by atoms with E-state index in [4.69, 9.17) is 24.2 Å². The Kier molecular flexibility index (Phi) is 10.3. The van der Waals surface area contributed by atoms with Crippen LogP contribution in [0.25, 0.3) is 48.6 Å². The molecule has 8 aromatic rings. The van der Waals surface area contributed by atoms with Crippen molar-refractivity contribution in [2.45, 2.75) is 18.8 Å². The average Bonchev–Trinajstić information content (AvgIpc) is 4.14. The third-order valence-electron chi connectivity index (χ3n) is 8.74. The molecule has 288 valence electrons. The fraction of sp³-hybridized carbons (Fsp3) is 0.0732. The van der Waals surface area contributed by atoms with Crippen molar-refractivity contribution in [3.05, 3.63) is 102 Å². The smallest absolute Gasteiger partial charge is 0.367 e. The number of hydrogen-bond donors (Lipinski definition) is 0. The molecule has 13 nitrogen and oxygen atoms in total. The Balaban J connectivity index is 1.21. The van der Waals surface area contributed by atoms with E-state index < -0.39 is 17.5 Å². The Hall–Kier alpha value is -6.94. The van der Waals surface area contributed by atoms with Crippen LogP contribution in [0.5, 0.6) is 5.75 Å². The lowest BCUT2D eigenvalue weighted by Crippen LogP contribution is -2.52. The molecule has 0 saturated heterocycles. The minimum Gasteiger partial charge on any atom is -0.457 e. The number of thiophene rings is 4. The van der Waals surface area contributed by atoms with Crippen molar-refractivity contribution in [1.82, 2.24) is 9.97 Å². The Morgan fingerprint density at radius 3 is 1.57 bits per heavy atom. The first kappa shape index (κ1) is 38.6. The molecule has 0 bridgehead atoms. The van der Waals surface area contributed by atoms with Crippen molar-refractivity contribution >= 4 is 120 Å². The van der Waals surface area contributed by atoms with Crippen LogP contribution >= 0.6 is 68.0 Å². The maximum absolute atomic E-state index is 14.9. The number of esters is 2. The van der Waals surface area contributed by atoms with Gasteiger partial charge in [0.25, 0.3) is 0 Å². The van der Waals surface area contributed by atoms with Crippen LogP contribution < -0.4 is 4.74 Å². The Bertz CT molecular complexity index is 3160. The molecule has 0 radical (unpaired) electrons. The zero-order valence-electron chi connectivity index (χ0n) is 30.1. The maximum Gasteiger partial charge on any atom is 0.367 e. The van der Waals surface area contributed by atoms with Gasteiger partial charge in [0.05, 0.1) is 29.8 Å². The number of aliphatic imine (C=N–C) groups is 2. The number of nitrogens with zero attached hydrogens (tertiary/aromatic N) is 8. The monoisotopic (exact) mass is 894 g/mol. The van der Waals surface area contributed by atoms with Gasteiger partial charge in [-0.25, -0.2) is 29.5 Å². The van der Waals surface area contributed by atoms with Gasteiger partial charge in [-0.3, -0.25) is 0 Å². The van der Waals surface area contributed by atoms with E-state index in [2.05, 4.69) is 9.98 Å². The van der Waals surface area contributed by atoms with Crippen molar-refractivity contribution in [3.8, 4) is 59.6 Å². The lowest BCUT2D eigenvalue weighted by molar-refractivity contribution is -0.183. The molecular formula is C41H18N8O5S6. The molecule has 0 saturated carbocycles. The number of nitriles is 4. The number of thiazole rings is 2. The van der Waals surface area contributed by atoms with Gasteiger partial charge in [-0.05, 0) is 35.4 Å². The highest BCUT2D eigenvalue weighted by Crippen LogP contribution is 2.61.